The molecule has 0 heterocycles. The van der Waals surface area contributed by atoms with Gasteiger partial charge in [0.25, 0.3) is 0 Å². The largest absolute Gasteiger partial charge is 0.378 e. The van der Waals surface area contributed by atoms with Crippen LogP contribution in [0, 0.1) is 5.41 Å². The molecule has 2 aliphatic rings. The van der Waals surface area contributed by atoms with Crippen LogP contribution in [0.3, 0.4) is 0 Å². The number of ether oxygens (including phenoxy) is 1. The maximum absolute atomic E-state index is 11.9. The van der Waals surface area contributed by atoms with Gasteiger partial charge >= 0.3 is 0 Å². The average molecular weight is 240 g/mol. The van der Waals surface area contributed by atoms with Gasteiger partial charge in [-0.25, -0.2) is 0 Å². The molecule has 2 rings (SSSR count). The SMILES string of the molecule is CCOC1CC(N(C)C(=O)[C@@H](C)N)C12CCC2. The zero-order valence-electron chi connectivity index (χ0n) is 11.1. The Balaban J connectivity index is 2.01. The Morgan fingerprint density at radius 3 is 2.65 bits per heavy atom. The van der Waals surface area contributed by atoms with Crippen molar-refractivity contribution in [3.05, 3.63) is 0 Å². The summed E-state index contributed by atoms with van der Waals surface area (Å²) in [6, 6.07) is -0.0606. The van der Waals surface area contributed by atoms with Gasteiger partial charge in [-0.1, -0.05) is 6.42 Å². The van der Waals surface area contributed by atoms with E-state index >= 15 is 0 Å². The van der Waals surface area contributed by atoms with Gasteiger partial charge in [0, 0.05) is 25.1 Å². The van der Waals surface area contributed by atoms with Crippen molar-refractivity contribution in [2.75, 3.05) is 13.7 Å². The average Bonchev–Trinajstić information content (AvgIpc) is 2.19. The van der Waals surface area contributed by atoms with Gasteiger partial charge < -0.3 is 15.4 Å². The molecule has 17 heavy (non-hydrogen) atoms. The number of nitrogens with two attached hydrogens (primary N) is 1. The van der Waals surface area contributed by atoms with Gasteiger partial charge in [0.1, 0.15) is 0 Å². The molecule has 2 saturated carbocycles. The Kier molecular flexibility index (Phi) is 3.46. The topological polar surface area (TPSA) is 55.6 Å². The highest BCUT2D eigenvalue weighted by molar-refractivity contribution is 5.81. The second kappa shape index (κ2) is 4.58. The van der Waals surface area contributed by atoms with Gasteiger partial charge in [0.05, 0.1) is 12.1 Å². The van der Waals surface area contributed by atoms with Crippen molar-refractivity contribution in [1.29, 1.82) is 0 Å². The molecule has 2 N–H and O–H groups in total. The maximum Gasteiger partial charge on any atom is 0.239 e. The van der Waals surface area contributed by atoms with E-state index in [-0.39, 0.29) is 11.3 Å². The summed E-state index contributed by atoms with van der Waals surface area (Å²) < 4.78 is 5.79. The molecule has 0 aliphatic heterocycles. The van der Waals surface area contributed by atoms with E-state index in [4.69, 9.17) is 10.5 Å². The molecule has 0 radical (unpaired) electrons. The lowest BCUT2D eigenvalue weighted by Gasteiger charge is -2.63. The Bertz CT molecular complexity index is 300. The van der Waals surface area contributed by atoms with Crippen molar-refractivity contribution in [3.8, 4) is 0 Å². The minimum atomic E-state index is -0.400. The predicted molar refractivity (Wildman–Crippen MR) is 66.5 cm³/mol. The number of nitrogens with zero attached hydrogens (tertiary/aromatic N) is 1. The third kappa shape index (κ3) is 1.87. The second-order valence-electron chi connectivity index (χ2n) is 5.52. The van der Waals surface area contributed by atoms with Crippen LogP contribution in [0.1, 0.15) is 39.5 Å². The molecule has 0 aromatic rings. The Morgan fingerprint density at radius 2 is 2.24 bits per heavy atom. The number of carbonyl (C=O) groups excluding carboxylic acids is 1. The van der Waals surface area contributed by atoms with Crippen molar-refractivity contribution in [1.82, 2.24) is 4.90 Å². The van der Waals surface area contributed by atoms with Crippen LogP contribution < -0.4 is 5.73 Å². The number of rotatable bonds is 4. The fourth-order valence-electron chi connectivity index (χ4n) is 3.42. The summed E-state index contributed by atoms with van der Waals surface area (Å²) in [6.45, 7) is 4.56. The molecule has 0 bridgehead atoms. The highest BCUT2D eigenvalue weighted by Crippen LogP contribution is 2.58. The van der Waals surface area contributed by atoms with Crippen LogP contribution in [0.2, 0.25) is 0 Å². The lowest BCUT2D eigenvalue weighted by molar-refractivity contribution is -0.202. The van der Waals surface area contributed by atoms with Crippen LogP contribution >= 0.6 is 0 Å². The fourth-order valence-corrected chi connectivity index (χ4v) is 3.42. The zero-order valence-corrected chi connectivity index (χ0v) is 11.1. The number of amides is 1. The molecule has 1 spiro atoms. The van der Waals surface area contributed by atoms with Gasteiger partial charge in [-0.3, -0.25) is 4.79 Å². The molecule has 0 saturated heterocycles. The Labute approximate surface area is 103 Å². The summed E-state index contributed by atoms with van der Waals surface area (Å²) in [5.41, 5.74) is 5.92. The molecule has 2 fully saturated rings. The first-order chi connectivity index (χ1) is 8.03. The number of hydrogen-bond donors (Lipinski definition) is 1. The van der Waals surface area contributed by atoms with Gasteiger partial charge in [-0.2, -0.15) is 0 Å². The number of likely N-dealkylation sites (N-methyl/N-ethyl adjacent to an activating group) is 1. The van der Waals surface area contributed by atoms with E-state index in [2.05, 4.69) is 0 Å². The smallest absolute Gasteiger partial charge is 0.239 e. The summed E-state index contributed by atoms with van der Waals surface area (Å²) in [5.74, 6) is 0.0521. The third-order valence-electron chi connectivity index (χ3n) is 4.60. The van der Waals surface area contributed by atoms with E-state index in [1.807, 2.05) is 18.9 Å². The first-order valence-electron chi connectivity index (χ1n) is 6.66. The zero-order chi connectivity index (χ0) is 12.6. The van der Waals surface area contributed by atoms with Crippen molar-refractivity contribution in [3.63, 3.8) is 0 Å². The number of hydrogen-bond acceptors (Lipinski definition) is 3. The van der Waals surface area contributed by atoms with Crippen LogP contribution in [0.5, 0.6) is 0 Å². The highest BCUT2D eigenvalue weighted by Gasteiger charge is 2.60. The summed E-state index contributed by atoms with van der Waals surface area (Å²) in [6.07, 6.45) is 4.98. The molecular weight excluding hydrogens is 216 g/mol. The lowest BCUT2D eigenvalue weighted by Crippen LogP contribution is -2.68. The molecule has 4 heteroatoms. The Morgan fingerprint density at radius 1 is 1.59 bits per heavy atom. The quantitative estimate of drug-likeness (QED) is 0.801. The molecule has 2 aliphatic carbocycles. The van der Waals surface area contributed by atoms with Crippen LogP contribution in [0.25, 0.3) is 0 Å². The molecular formula is C13H24N2O2. The van der Waals surface area contributed by atoms with Crippen molar-refractivity contribution < 1.29 is 9.53 Å². The van der Waals surface area contributed by atoms with E-state index in [1.165, 1.54) is 19.3 Å². The summed E-state index contributed by atoms with van der Waals surface area (Å²) in [5, 5.41) is 0. The molecule has 2 unspecified atom stereocenters. The van der Waals surface area contributed by atoms with Crippen LogP contribution in [-0.4, -0.2) is 42.6 Å². The van der Waals surface area contributed by atoms with Crippen LogP contribution in [0.4, 0.5) is 0 Å². The summed E-state index contributed by atoms with van der Waals surface area (Å²) in [7, 11) is 1.89. The monoisotopic (exact) mass is 240 g/mol. The normalized spacial score (nSPS) is 31.5. The van der Waals surface area contributed by atoms with Crippen LogP contribution in [-0.2, 0) is 9.53 Å². The van der Waals surface area contributed by atoms with Gasteiger partial charge in [-0.05, 0) is 33.1 Å². The lowest BCUT2D eigenvalue weighted by atomic mass is 9.50. The third-order valence-corrected chi connectivity index (χ3v) is 4.60. The molecule has 98 valence electrons. The van der Waals surface area contributed by atoms with Gasteiger partial charge in [0.15, 0.2) is 0 Å². The summed E-state index contributed by atoms with van der Waals surface area (Å²) in [4.78, 5) is 13.8. The molecule has 1 amide bonds. The van der Waals surface area contributed by atoms with E-state index < -0.39 is 6.04 Å². The molecule has 0 aromatic carbocycles. The van der Waals surface area contributed by atoms with Crippen LogP contribution in [0.15, 0.2) is 0 Å². The maximum atomic E-state index is 11.9. The first kappa shape index (κ1) is 12.8. The molecule has 0 aromatic heterocycles. The van der Waals surface area contributed by atoms with Crippen molar-refractivity contribution in [2.24, 2.45) is 11.1 Å². The van der Waals surface area contributed by atoms with Crippen molar-refractivity contribution >= 4 is 5.91 Å². The van der Waals surface area contributed by atoms with Gasteiger partial charge in [0.2, 0.25) is 5.91 Å². The minimum absolute atomic E-state index is 0.0521. The first-order valence-corrected chi connectivity index (χ1v) is 6.66. The van der Waals surface area contributed by atoms with E-state index in [0.29, 0.717) is 12.1 Å². The predicted octanol–water partition coefficient (Wildman–Crippen LogP) is 1.14. The van der Waals surface area contributed by atoms with Gasteiger partial charge in [-0.15, -0.1) is 0 Å². The molecule has 4 nitrogen and oxygen atoms in total. The number of carbonyl (C=O) groups is 1. The highest BCUT2D eigenvalue weighted by atomic mass is 16.5. The van der Waals surface area contributed by atoms with E-state index in [1.54, 1.807) is 6.92 Å². The Hall–Kier alpha value is -0.610. The summed E-state index contributed by atoms with van der Waals surface area (Å²) >= 11 is 0. The van der Waals surface area contributed by atoms with E-state index in [9.17, 15) is 4.79 Å². The van der Waals surface area contributed by atoms with Crippen molar-refractivity contribution in [2.45, 2.75) is 57.7 Å². The fraction of sp³-hybridized carbons (Fsp3) is 0.923. The molecule has 3 atom stereocenters. The minimum Gasteiger partial charge on any atom is -0.378 e. The second-order valence-corrected chi connectivity index (χ2v) is 5.52. The van der Waals surface area contributed by atoms with E-state index in [0.717, 1.165) is 13.0 Å². The standard InChI is InChI=1S/C13H24N2O2/c1-4-17-11-8-10(13(11)6-5-7-13)15(3)12(16)9(2)14/h9-11H,4-8,14H2,1-3H3/t9-,10?,11?/m1/s1.